The molecule has 0 saturated heterocycles. The van der Waals surface area contributed by atoms with E-state index in [0.29, 0.717) is 19.0 Å². The van der Waals surface area contributed by atoms with Crippen molar-refractivity contribution < 1.29 is 19.3 Å². The SMILES string of the molecule is CCNC(=NCc1ccc2c(c1)OCO2)NCC(O)c1ccc(OC)cc1. The summed E-state index contributed by atoms with van der Waals surface area (Å²) in [5, 5.41) is 16.7. The number of aliphatic hydroxyl groups is 1. The number of fused-ring (bicyclic) bond motifs is 1. The molecule has 0 fully saturated rings. The monoisotopic (exact) mass is 371 g/mol. The van der Waals surface area contributed by atoms with Crippen LogP contribution in [0.2, 0.25) is 0 Å². The number of hydrogen-bond acceptors (Lipinski definition) is 5. The predicted octanol–water partition coefficient (Wildman–Crippen LogP) is 2.21. The molecule has 1 heterocycles. The largest absolute Gasteiger partial charge is 0.497 e. The van der Waals surface area contributed by atoms with Crippen LogP contribution in [0.3, 0.4) is 0 Å². The molecular weight excluding hydrogens is 346 g/mol. The lowest BCUT2D eigenvalue weighted by molar-refractivity contribution is 0.174. The molecule has 0 radical (unpaired) electrons. The van der Waals surface area contributed by atoms with E-state index >= 15 is 0 Å². The summed E-state index contributed by atoms with van der Waals surface area (Å²) in [6, 6.07) is 13.1. The Morgan fingerprint density at radius 2 is 1.93 bits per heavy atom. The summed E-state index contributed by atoms with van der Waals surface area (Å²) in [4.78, 5) is 4.57. The standard InChI is InChI=1S/C20H25N3O4/c1-3-21-20(22-11-14-4-9-18-19(10-14)27-13-26-18)23-12-17(24)15-5-7-16(25-2)8-6-15/h4-10,17,24H,3,11-13H2,1-2H3,(H2,21,22,23). The first-order chi connectivity index (χ1) is 13.2. The third-order valence-corrected chi connectivity index (χ3v) is 4.16. The molecule has 2 aromatic carbocycles. The van der Waals surface area contributed by atoms with Gasteiger partial charge in [-0.25, -0.2) is 4.99 Å². The van der Waals surface area contributed by atoms with Crippen LogP contribution in [0.5, 0.6) is 17.2 Å². The van der Waals surface area contributed by atoms with Crippen molar-refractivity contribution in [2.24, 2.45) is 4.99 Å². The van der Waals surface area contributed by atoms with Crippen molar-refractivity contribution in [2.45, 2.75) is 19.6 Å². The number of nitrogens with one attached hydrogen (secondary N) is 2. The fourth-order valence-corrected chi connectivity index (χ4v) is 2.69. The van der Waals surface area contributed by atoms with Gasteiger partial charge in [0.2, 0.25) is 6.79 Å². The summed E-state index contributed by atoms with van der Waals surface area (Å²) in [5.74, 6) is 2.91. The first-order valence-electron chi connectivity index (χ1n) is 8.92. The normalized spacial score (nSPS) is 14.0. The molecule has 7 nitrogen and oxygen atoms in total. The Kier molecular flexibility index (Phi) is 6.38. The van der Waals surface area contributed by atoms with Gasteiger partial charge in [-0.2, -0.15) is 0 Å². The second-order valence-corrected chi connectivity index (χ2v) is 6.05. The van der Waals surface area contributed by atoms with Gasteiger partial charge < -0.3 is 30.0 Å². The van der Waals surface area contributed by atoms with Gasteiger partial charge in [-0.3, -0.25) is 0 Å². The van der Waals surface area contributed by atoms with E-state index in [2.05, 4.69) is 15.6 Å². The molecule has 7 heteroatoms. The van der Waals surface area contributed by atoms with Gasteiger partial charge in [0.15, 0.2) is 17.5 Å². The van der Waals surface area contributed by atoms with Gasteiger partial charge in [0.05, 0.1) is 19.8 Å². The Morgan fingerprint density at radius 3 is 2.67 bits per heavy atom. The molecule has 0 aromatic heterocycles. The fourth-order valence-electron chi connectivity index (χ4n) is 2.69. The summed E-state index contributed by atoms with van der Waals surface area (Å²) in [6.07, 6.45) is -0.648. The lowest BCUT2D eigenvalue weighted by Crippen LogP contribution is -2.39. The van der Waals surface area contributed by atoms with E-state index < -0.39 is 6.10 Å². The quantitative estimate of drug-likeness (QED) is 0.511. The maximum absolute atomic E-state index is 10.4. The molecule has 0 spiro atoms. The van der Waals surface area contributed by atoms with Gasteiger partial charge in [-0.15, -0.1) is 0 Å². The molecule has 0 amide bonds. The Labute approximate surface area is 159 Å². The van der Waals surface area contributed by atoms with Gasteiger partial charge in [-0.1, -0.05) is 18.2 Å². The van der Waals surface area contributed by atoms with Crippen LogP contribution in [-0.2, 0) is 6.54 Å². The number of rotatable bonds is 7. The Hall–Kier alpha value is -2.93. The summed E-state index contributed by atoms with van der Waals surface area (Å²) in [5.41, 5.74) is 1.84. The van der Waals surface area contributed by atoms with Crippen molar-refractivity contribution in [3.8, 4) is 17.2 Å². The molecule has 0 bridgehead atoms. The van der Waals surface area contributed by atoms with Crippen LogP contribution in [0, 0.1) is 0 Å². The molecular formula is C20H25N3O4. The van der Waals surface area contributed by atoms with Crippen molar-refractivity contribution in [3.05, 3.63) is 53.6 Å². The molecule has 144 valence electrons. The first kappa shape index (κ1) is 18.8. The topological polar surface area (TPSA) is 84.3 Å². The highest BCUT2D eigenvalue weighted by atomic mass is 16.7. The maximum Gasteiger partial charge on any atom is 0.231 e. The van der Waals surface area contributed by atoms with Gasteiger partial charge in [0.1, 0.15) is 5.75 Å². The van der Waals surface area contributed by atoms with Crippen molar-refractivity contribution in [1.82, 2.24) is 10.6 Å². The van der Waals surface area contributed by atoms with E-state index in [1.54, 1.807) is 7.11 Å². The average Bonchev–Trinajstić information content (AvgIpc) is 3.17. The lowest BCUT2D eigenvalue weighted by atomic mass is 10.1. The van der Waals surface area contributed by atoms with Crippen LogP contribution in [0.1, 0.15) is 24.2 Å². The Balaban J connectivity index is 1.58. The fraction of sp³-hybridized carbons (Fsp3) is 0.350. The van der Waals surface area contributed by atoms with Gasteiger partial charge in [0, 0.05) is 13.1 Å². The summed E-state index contributed by atoms with van der Waals surface area (Å²) < 4.78 is 15.9. The predicted molar refractivity (Wildman–Crippen MR) is 103 cm³/mol. The number of aliphatic hydroxyl groups excluding tert-OH is 1. The van der Waals surface area contributed by atoms with Crippen LogP contribution < -0.4 is 24.8 Å². The molecule has 1 aliphatic heterocycles. The van der Waals surface area contributed by atoms with Crippen molar-refractivity contribution in [1.29, 1.82) is 0 Å². The van der Waals surface area contributed by atoms with Crippen LogP contribution in [0.4, 0.5) is 0 Å². The second-order valence-electron chi connectivity index (χ2n) is 6.05. The molecule has 3 rings (SSSR count). The Bertz CT molecular complexity index is 777. The summed E-state index contributed by atoms with van der Waals surface area (Å²) in [6.45, 7) is 3.82. The zero-order chi connectivity index (χ0) is 19.1. The molecule has 0 aliphatic carbocycles. The zero-order valence-electron chi connectivity index (χ0n) is 15.6. The van der Waals surface area contributed by atoms with Crippen molar-refractivity contribution in [3.63, 3.8) is 0 Å². The molecule has 3 N–H and O–H groups in total. The highest BCUT2D eigenvalue weighted by Gasteiger charge is 2.13. The van der Waals surface area contributed by atoms with E-state index in [0.717, 1.165) is 34.9 Å². The minimum absolute atomic E-state index is 0.259. The summed E-state index contributed by atoms with van der Waals surface area (Å²) in [7, 11) is 1.62. The highest BCUT2D eigenvalue weighted by Crippen LogP contribution is 2.32. The van der Waals surface area contributed by atoms with Crippen molar-refractivity contribution in [2.75, 3.05) is 27.0 Å². The molecule has 2 aromatic rings. The number of guanidine groups is 1. The van der Waals surface area contributed by atoms with Crippen LogP contribution in [-0.4, -0.2) is 38.1 Å². The number of methoxy groups -OCH3 is 1. The number of hydrogen-bond donors (Lipinski definition) is 3. The minimum atomic E-state index is -0.648. The van der Waals surface area contributed by atoms with Crippen LogP contribution >= 0.6 is 0 Å². The van der Waals surface area contributed by atoms with Gasteiger partial charge in [0.25, 0.3) is 0 Å². The van der Waals surface area contributed by atoms with Gasteiger partial charge >= 0.3 is 0 Å². The van der Waals surface area contributed by atoms with E-state index in [1.165, 1.54) is 0 Å². The second kappa shape index (κ2) is 9.14. The first-order valence-corrected chi connectivity index (χ1v) is 8.92. The lowest BCUT2D eigenvalue weighted by Gasteiger charge is -2.16. The third-order valence-electron chi connectivity index (χ3n) is 4.16. The molecule has 1 aliphatic rings. The van der Waals surface area contributed by atoms with E-state index in [1.807, 2.05) is 49.4 Å². The average molecular weight is 371 g/mol. The van der Waals surface area contributed by atoms with Gasteiger partial charge in [-0.05, 0) is 42.3 Å². The third kappa shape index (κ3) is 5.04. The Morgan fingerprint density at radius 1 is 1.15 bits per heavy atom. The van der Waals surface area contributed by atoms with Crippen LogP contribution in [0.25, 0.3) is 0 Å². The zero-order valence-corrected chi connectivity index (χ0v) is 15.6. The van der Waals surface area contributed by atoms with Crippen molar-refractivity contribution >= 4 is 5.96 Å². The maximum atomic E-state index is 10.4. The summed E-state index contributed by atoms with van der Waals surface area (Å²) >= 11 is 0. The van der Waals surface area contributed by atoms with E-state index in [4.69, 9.17) is 14.2 Å². The van der Waals surface area contributed by atoms with E-state index in [-0.39, 0.29) is 6.79 Å². The molecule has 27 heavy (non-hydrogen) atoms. The molecule has 0 saturated carbocycles. The number of benzene rings is 2. The number of nitrogens with zero attached hydrogens (tertiary/aromatic N) is 1. The molecule has 1 atom stereocenters. The number of ether oxygens (including phenoxy) is 3. The van der Waals surface area contributed by atoms with Crippen LogP contribution in [0.15, 0.2) is 47.5 Å². The smallest absolute Gasteiger partial charge is 0.231 e. The minimum Gasteiger partial charge on any atom is -0.497 e. The molecule has 1 unspecified atom stereocenters. The highest BCUT2D eigenvalue weighted by molar-refractivity contribution is 5.79. The number of aliphatic imine (C=N–C) groups is 1. The van der Waals surface area contributed by atoms with E-state index in [9.17, 15) is 5.11 Å².